The zero-order valence-corrected chi connectivity index (χ0v) is 9.93. The van der Waals surface area contributed by atoms with Crippen LogP contribution in [0, 0.1) is 0 Å². The van der Waals surface area contributed by atoms with E-state index in [1.807, 2.05) is 54.6 Å². The van der Waals surface area contributed by atoms with Crippen molar-refractivity contribution >= 4 is 5.91 Å². The van der Waals surface area contributed by atoms with Crippen molar-refractivity contribution in [2.24, 2.45) is 0 Å². The second-order valence-corrected chi connectivity index (χ2v) is 3.98. The quantitative estimate of drug-likeness (QED) is 0.806. The topological polar surface area (TPSA) is 50.1 Å². The van der Waals surface area contributed by atoms with Gasteiger partial charge in [0.1, 0.15) is 5.75 Å². The maximum Gasteiger partial charge on any atom is 0.276 e. The molecule has 1 N–H and O–H groups in total. The van der Waals surface area contributed by atoms with Crippen LogP contribution in [0.25, 0.3) is 0 Å². The molecule has 0 atom stereocenters. The predicted molar refractivity (Wildman–Crippen MR) is 69.3 cm³/mol. The van der Waals surface area contributed by atoms with Gasteiger partial charge in [0.2, 0.25) is 0 Å². The second-order valence-electron chi connectivity index (χ2n) is 3.98. The van der Waals surface area contributed by atoms with E-state index in [0.29, 0.717) is 5.75 Å². The molecule has 18 heavy (non-hydrogen) atoms. The van der Waals surface area contributed by atoms with Crippen LogP contribution in [-0.4, -0.2) is 12.5 Å². The summed E-state index contributed by atoms with van der Waals surface area (Å²) in [5, 5.41) is 0. The number of hydrogen-bond donors (Lipinski definition) is 0. The van der Waals surface area contributed by atoms with Gasteiger partial charge < -0.3 is 4.74 Å². The fourth-order valence-corrected chi connectivity index (χ4v) is 1.75. The Morgan fingerprint density at radius 1 is 1.00 bits per heavy atom. The Hall–Kier alpha value is -2.29. The van der Waals surface area contributed by atoms with Crippen molar-refractivity contribution < 1.29 is 9.53 Å². The van der Waals surface area contributed by atoms with Gasteiger partial charge in [-0.15, -0.1) is 0 Å². The van der Waals surface area contributed by atoms with Crippen LogP contribution in [0.3, 0.4) is 0 Å². The highest BCUT2D eigenvalue weighted by Crippen LogP contribution is 2.21. The van der Waals surface area contributed by atoms with Gasteiger partial charge in [-0.25, -0.2) is 0 Å². The molecule has 3 heteroatoms. The molecule has 2 rings (SSSR count). The van der Waals surface area contributed by atoms with Crippen LogP contribution in [0.2, 0.25) is 0 Å². The van der Waals surface area contributed by atoms with Crippen LogP contribution in [0.5, 0.6) is 5.75 Å². The van der Waals surface area contributed by atoms with E-state index >= 15 is 0 Å². The van der Waals surface area contributed by atoms with Gasteiger partial charge in [0.15, 0.2) is 6.61 Å². The first kappa shape index (κ1) is 12.2. The molecule has 0 bridgehead atoms. The molecule has 1 radical (unpaired) electrons. The number of amides is 1. The van der Waals surface area contributed by atoms with E-state index in [0.717, 1.165) is 12.0 Å². The number of ether oxygens (including phenoxy) is 1. The van der Waals surface area contributed by atoms with Crippen LogP contribution in [0.4, 0.5) is 0 Å². The molecule has 0 aliphatic carbocycles. The van der Waals surface area contributed by atoms with Gasteiger partial charge in [-0.3, -0.25) is 10.5 Å². The zero-order valence-electron chi connectivity index (χ0n) is 9.93. The monoisotopic (exact) mass is 240 g/mol. The van der Waals surface area contributed by atoms with Crippen LogP contribution in [0.1, 0.15) is 11.1 Å². The van der Waals surface area contributed by atoms with Gasteiger partial charge >= 0.3 is 0 Å². The zero-order chi connectivity index (χ0) is 12.8. The molecule has 0 aliphatic rings. The van der Waals surface area contributed by atoms with E-state index in [-0.39, 0.29) is 6.61 Å². The number of hydrogen-bond acceptors (Lipinski definition) is 2. The largest absolute Gasteiger partial charge is 0.483 e. The lowest BCUT2D eigenvalue weighted by molar-refractivity contribution is -0.120. The fraction of sp³-hybridized carbons (Fsp3) is 0.133. The molecule has 0 heterocycles. The highest BCUT2D eigenvalue weighted by Gasteiger charge is 2.05. The highest BCUT2D eigenvalue weighted by molar-refractivity contribution is 5.74. The number of nitrogens with one attached hydrogen (secondary N) is 1. The summed E-state index contributed by atoms with van der Waals surface area (Å²) >= 11 is 0. The van der Waals surface area contributed by atoms with Crippen LogP contribution in [-0.2, 0) is 11.2 Å². The summed E-state index contributed by atoms with van der Waals surface area (Å²) in [5.74, 6) is -0.0496. The Kier molecular flexibility index (Phi) is 3.97. The lowest BCUT2D eigenvalue weighted by Crippen LogP contribution is -2.12. The Labute approximate surface area is 106 Å². The average molecular weight is 240 g/mol. The van der Waals surface area contributed by atoms with E-state index in [2.05, 4.69) is 0 Å². The van der Waals surface area contributed by atoms with Crippen LogP contribution < -0.4 is 10.5 Å². The Bertz CT molecular complexity index is 523. The summed E-state index contributed by atoms with van der Waals surface area (Å²) in [5.41, 5.74) is 9.06. The van der Waals surface area contributed by atoms with E-state index < -0.39 is 5.91 Å². The molecule has 91 valence electrons. The minimum absolute atomic E-state index is 0.203. The van der Waals surface area contributed by atoms with Crippen molar-refractivity contribution in [2.75, 3.05) is 6.61 Å². The van der Waals surface area contributed by atoms with Gasteiger partial charge in [-0.05, 0) is 17.2 Å². The third kappa shape index (κ3) is 3.35. The van der Waals surface area contributed by atoms with Gasteiger partial charge in [-0.1, -0.05) is 48.5 Å². The summed E-state index contributed by atoms with van der Waals surface area (Å²) in [6.45, 7) is -0.203. The normalized spacial score (nSPS) is 10.0. The number of carbonyl (C=O) groups excluding carboxylic acids is 1. The predicted octanol–water partition coefficient (Wildman–Crippen LogP) is 2.47. The number of benzene rings is 2. The van der Waals surface area contributed by atoms with Crippen molar-refractivity contribution in [3.63, 3.8) is 0 Å². The van der Waals surface area contributed by atoms with Crippen molar-refractivity contribution in [2.45, 2.75) is 6.42 Å². The summed E-state index contributed by atoms with van der Waals surface area (Å²) in [6.07, 6.45) is 0.753. The first-order chi connectivity index (χ1) is 8.75. The summed E-state index contributed by atoms with van der Waals surface area (Å²) < 4.78 is 5.33. The molecule has 0 spiro atoms. The molecule has 0 aliphatic heterocycles. The molecule has 2 aromatic carbocycles. The molecule has 0 unspecified atom stereocenters. The molecular weight excluding hydrogens is 226 g/mol. The number of carbonyl (C=O) groups is 1. The van der Waals surface area contributed by atoms with E-state index in [9.17, 15) is 4.79 Å². The van der Waals surface area contributed by atoms with E-state index in [4.69, 9.17) is 10.5 Å². The van der Waals surface area contributed by atoms with Crippen molar-refractivity contribution in [3.05, 3.63) is 65.7 Å². The molecule has 0 saturated carbocycles. The average Bonchev–Trinajstić information content (AvgIpc) is 2.39. The minimum atomic E-state index is -0.718. The fourth-order valence-electron chi connectivity index (χ4n) is 1.75. The third-order valence-corrected chi connectivity index (χ3v) is 2.57. The first-order valence-corrected chi connectivity index (χ1v) is 5.75. The Morgan fingerprint density at radius 2 is 1.67 bits per heavy atom. The lowest BCUT2D eigenvalue weighted by Gasteiger charge is -2.10. The maximum absolute atomic E-state index is 10.6. The van der Waals surface area contributed by atoms with Gasteiger partial charge in [0.25, 0.3) is 5.91 Å². The summed E-state index contributed by atoms with van der Waals surface area (Å²) in [7, 11) is 0. The van der Waals surface area contributed by atoms with E-state index in [1.54, 1.807) is 0 Å². The minimum Gasteiger partial charge on any atom is -0.483 e. The van der Waals surface area contributed by atoms with Gasteiger partial charge in [0.05, 0.1) is 0 Å². The molecule has 0 fully saturated rings. The van der Waals surface area contributed by atoms with Crippen LogP contribution >= 0.6 is 0 Å². The Morgan fingerprint density at radius 3 is 2.39 bits per heavy atom. The molecule has 1 amide bonds. The molecule has 0 saturated heterocycles. The van der Waals surface area contributed by atoms with Gasteiger partial charge in [-0.2, -0.15) is 0 Å². The summed E-state index contributed by atoms with van der Waals surface area (Å²) in [4.78, 5) is 10.6. The van der Waals surface area contributed by atoms with Crippen LogP contribution in [0.15, 0.2) is 54.6 Å². The lowest BCUT2D eigenvalue weighted by atomic mass is 10.0. The summed E-state index contributed by atoms with van der Waals surface area (Å²) in [6, 6.07) is 17.6. The molecular formula is C15H14NO2. The van der Waals surface area contributed by atoms with E-state index in [1.165, 1.54) is 5.56 Å². The standard InChI is InChI=1S/C15H14NO2/c16-15(17)11-18-14-9-5-4-8-13(14)10-12-6-2-1-3-7-12/h1-9,16H,10-11H2. The second kappa shape index (κ2) is 5.87. The van der Waals surface area contributed by atoms with Crippen molar-refractivity contribution in [1.29, 1.82) is 0 Å². The first-order valence-electron chi connectivity index (χ1n) is 5.75. The number of rotatable bonds is 5. The smallest absolute Gasteiger partial charge is 0.276 e. The molecule has 3 nitrogen and oxygen atoms in total. The Balaban J connectivity index is 2.14. The van der Waals surface area contributed by atoms with Gasteiger partial charge in [0, 0.05) is 6.42 Å². The van der Waals surface area contributed by atoms with Crippen molar-refractivity contribution in [3.8, 4) is 5.75 Å². The highest BCUT2D eigenvalue weighted by atomic mass is 16.5. The maximum atomic E-state index is 10.6. The molecule has 2 aromatic rings. The SMILES string of the molecule is [NH]C(=O)COc1ccccc1Cc1ccccc1. The number of para-hydroxylation sites is 1. The third-order valence-electron chi connectivity index (χ3n) is 2.57. The van der Waals surface area contributed by atoms with Crippen molar-refractivity contribution in [1.82, 2.24) is 5.73 Å². The molecule has 0 aromatic heterocycles.